The van der Waals surface area contributed by atoms with Crippen molar-refractivity contribution < 1.29 is 8.42 Å². The number of hydrogen-bond donors (Lipinski definition) is 0. The molecule has 0 spiro atoms. The fourth-order valence-electron chi connectivity index (χ4n) is 2.50. The molecule has 3 nitrogen and oxygen atoms in total. The standard InChI is InChI=1S/C15H13BrINO2S/c1-15(10-12(17)6-7-14(15)16)21(19,20)18-9-8-11-4-2-3-5-13(11)18/h2-9H,10H2,1H3. The van der Waals surface area contributed by atoms with Gasteiger partial charge in [-0.2, -0.15) is 0 Å². The zero-order valence-corrected chi connectivity index (χ0v) is 15.8. The number of halogens is 2. The Bertz CT molecular complexity index is 882. The van der Waals surface area contributed by atoms with Crippen LogP contribution in [0, 0.1) is 0 Å². The Morgan fingerprint density at radius 3 is 2.71 bits per heavy atom. The van der Waals surface area contributed by atoms with Crippen molar-refractivity contribution in [1.82, 2.24) is 3.97 Å². The maximum Gasteiger partial charge on any atom is 0.249 e. The highest BCUT2D eigenvalue weighted by molar-refractivity contribution is 14.1. The second-order valence-corrected chi connectivity index (χ2v) is 9.70. The lowest BCUT2D eigenvalue weighted by Crippen LogP contribution is -2.40. The van der Waals surface area contributed by atoms with Gasteiger partial charge < -0.3 is 0 Å². The van der Waals surface area contributed by atoms with Gasteiger partial charge in [0.1, 0.15) is 4.75 Å². The van der Waals surface area contributed by atoms with Gasteiger partial charge in [-0.3, -0.25) is 0 Å². The van der Waals surface area contributed by atoms with Gasteiger partial charge in [-0.15, -0.1) is 0 Å². The summed E-state index contributed by atoms with van der Waals surface area (Å²) >= 11 is 5.63. The van der Waals surface area contributed by atoms with E-state index >= 15 is 0 Å². The van der Waals surface area contributed by atoms with E-state index in [-0.39, 0.29) is 0 Å². The van der Waals surface area contributed by atoms with Gasteiger partial charge in [-0.25, -0.2) is 12.4 Å². The second kappa shape index (κ2) is 5.24. The molecule has 1 aromatic carbocycles. The summed E-state index contributed by atoms with van der Waals surface area (Å²) in [7, 11) is -3.57. The number of benzene rings is 1. The summed E-state index contributed by atoms with van der Waals surface area (Å²) in [5, 5.41) is 0.922. The molecule has 0 amide bonds. The van der Waals surface area contributed by atoms with Crippen molar-refractivity contribution in [2.45, 2.75) is 18.1 Å². The number of para-hydroxylation sites is 1. The van der Waals surface area contributed by atoms with Crippen LogP contribution in [0.15, 0.2) is 56.7 Å². The summed E-state index contributed by atoms with van der Waals surface area (Å²) in [6.45, 7) is 1.77. The molecule has 1 aliphatic rings. The molecule has 0 aliphatic heterocycles. The van der Waals surface area contributed by atoms with Crippen LogP contribution in [-0.4, -0.2) is 17.1 Å². The summed E-state index contributed by atoms with van der Waals surface area (Å²) < 4.78 is 28.5. The Morgan fingerprint density at radius 1 is 1.24 bits per heavy atom. The van der Waals surface area contributed by atoms with Gasteiger partial charge in [-0.1, -0.05) is 40.2 Å². The van der Waals surface area contributed by atoms with Gasteiger partial charge in [0.05, 0.1) is 5.52 Å². The molecule has 1 aromatic heterocycles. The SMILES string of the molecule is CC1(S(=O)(=O)n2ccc3ccccc32)CC(I)=CC=C1Br. The van der Waals surface area contributed by atoms with Crippen LogP contribution in [0.4, 0.5) is 0 Å². The normalized spacial score (nSPS) is 23.0. The van der Waals surface area contributed by atoms with Crippen LogP contribution in [0.1, 0.15) is 13.3 Å². The average molecular weight is 478 g/mol. The topological polar surface area (TPSA) is 39.1 Å². The molecule has 21 heavy (non-hydrogen) atoms. The minimum absolute atomic E-state index is 0.472. The van der Waals surface area contributed by atoms with E-state index in [0.29, 0.717) is 16.4 Å². The minimum Gasteiger partial charge on any atom is -0.244 e. The Kier molecular flexibility index (Phi) is 3.82. The monoisotopic (exact) mass is 477 g/mol. The van der Waals surface area contributed by atoms with E-state index in [0.717, 1.165) is 8.97 Å². The molecule has 110 valence electrons. The number of aromatic nitrogens is 1. The number of fused-ring (bicyclic) bond motifs is 1. The van der Waals surface area contributed by atoms with Gasteiger partial charge in [0, 0.05) is 22.5 Å². The third-order valence-electron chi connectivity index (χ3n) is 3.81. The van der Waals surface area contributed by atoms with Crippen LogP contribution >= 0.6 is 38.5 Å². The lowest BCUT2D eigenvalue weighted by Gasteiger charge is -2.31. The summed E-state index contributed by atoms with van der Waals surface area (Å²) in [6.07, 6.45) is 5.88. The molecule has 1 heterocycles. The molecule has 0 saturated heterocycles. The van der Waals surface area contributed by atoms with Crippen LogP contribution in [0.5, 0.6) is 0 Å². The maximum absolute atomic E-state index is 13.2. The van der Waals surface area contributed by atoms with Crippen molar-refractivity contribution in [2.75, 3.05) is 0 Å². The maximum atomic E-state index is 13.2. The van der Waals surface area contributed by atoms with Crippen LogP contribution in [-0.2, 0) is 10.0 Å². The van der Waals surface area contributed by atoms with E-state index in [4.69, 9.17) is 0 Å². The smallest absolute Gasteiger partial charge is 0.244 e. The molecular weight excluding hydrogens is 465 g/mol. The largest absolute Gasteiger partial charge is 0.249 e. The van der Waals surface area contributed by atoms with E-state index in [9.17, 15) is 8.42 Å². The first kappa shape index (κ1) is 15.3. The molecule has 1 atom stereocenters. The Hall–Kier alpha value is -0.600. The molecule has 6 heteroatoms. The molecule has 1 aliphatic carbocycles. The first-order valence-corrected chi connectivity index (χ1v) is 9.71. The fraction of sp³-hybridized carbons (Fsp3) is 0.200. The molecule has 0 N–H and O–H groups in total. The van der Waals surface area contributed by atoms with E-state index < -0.39 is 14.8 Å². The molecule has 1 unspecified atom stereocenters. The minimum atomic E-state index is -3.57. The Morgan fingerprint density at radius 2 is 1.95 bits per heavy atom. The average Bonchev–Trinajstić information content (AvgIpc) is 2.87. The quantitative estimate of drug-likeness (QED) is 0.594. The number of allylic oxidation sites excluding steroid dienone is 3. The van der Waals surface area contributed by atoms with Crippen molar-refractivity contribution in [3.8, 4) is 0 Å². The molecule has 2 aromatic rings. The Labute approximate surface area is 146 Å². The van der Waals surface area contributed by atoms with E-state index in [1.807, 2.05) is 42.5 Å². The van der Waals surface area contributed by atoms with Crippen molar-refractivity contribution >= 4 is 59.4 Å². The third kappa shape index (κ3) is 2.31. The summed E-state index contributed by atoms with van der Waals surface area (Å²) in [5.74, 6) is 0. The number of rotatable bonds is 2. The predicted octanol–water partition coefficient (Wildman–Crippen LogP) is 4.58. The molecule has 0 fully saturated rings. The van der Waals surface area contributed by atoms with Crippen LogP contribution < -0.4 is 0 Å². The zero-order valence-electron chi connectivity index (χ0n) is 11.3. The highest BCUT2D eigenvalue weighted by atomic mass is 127. The number of hydrogen-bond acceptors (Lipinski definition) is 2. The van der Waals surface area contributed by atoms with Gasteiger partial charge in [0.25, 0.3) is 0 Å². The van der Waals surface area contributed by atoms with Crippen molar-refractivity contribution in [1.29, 1.82) is 0 Å². The first-order chi connectivity index (χ1) is 9.86. The van der Waals surface area contributed by atoms with Crippen LogP contribution in [0.3, 0.4) is 0 Å². The zero-order chi connectivity index (χ0) is 15.3. The second-order valence-electron chi connectivity index (χ2n) is 5.21. The van der Waals surface area contributed by atoms with Crippen molar-refractivity contribution in [3.05, 3.63) is 56.7 Å². The summed E-state index contributed by atoms with van der Waals surface area (Å²) in [6, 6.07) is 9.34. The number of nitrogens with zero attached hydrogens (tertiary/aromatic N) is 1. The van der Waals surface area contributed by atoms with E-state index in [1.54, 1.807) is 13.1 Å². The molecule has 0 bridgehead atoms. The molecule has 0 radical (unpaired) electrons. The lowest BCUT2D eigenvalue weighted by molar-refractivity contribution is 0.553. The van der Waals surface area contributed by atoms with Crippen molar-refractivity contribution in [2.24, 2.45) is 0 Å². The highest BCUT2D eigenvalue weighted by Gasteiger charge is 2.44. The third-order valence-corrected chi connectivity index (χ3v) is 8.30. The fourth-order valence-corrected chi connectivity index (χ4v) is 6.32. The molecular formula is C15H13BrINO2S. The van der Waals surface area contributed by atoms with Gasteiger partial charge in [-0.05, 0) is 51.3 Å². The lowest BCUT2D eigenvalue weighted by atomic mass is 10.0. The van der Waals surface area contributed by atoms with Crippen LogP contribution in [0.2, 0.25) is 0 Å². The van der Waals surface area contributed by atoms with E-state index in [2.05, 4.69) is 38.5 Å². The van der Waals surface area contributed by atoms with Gasteiger partial charge >= 0.3 is 0 Å². The first-order valence-electron chi connectivity index (χ1n) is 6.40. The highest BCUT2D eigenvalue weighted by Crippen LogP contribution is 2.42. The summed E-state index contributed by atoms with van der Waals surface area (Å²) in [5.41, 5.74) is 0.712. The van der Waals surface area contributed by atoms with Crippen LogP contribution in [0.25, 0.3) is 10.9 Å². The van der Waals surface area contributed by atoms with Gasteiger partial charge in [0.2, 0.25) is 10.0 Å². The van der Waals surface area contributed by atoms with Gasteiger partial charge in [0.15, 0.2) is 0 Å². The predicted molar refractivity (Wildman–Crippen MR) is 98.4 cm³/mol. The molecule has 0 saturated carbocycles. The van der Waals surface area contributed by atoms with Crippen molar-refractivity contribution in [3.63, 3.8) is 0 Å². The Balaban J connectivity index is 2.22. The van der Waals surface area contributed by atoms with E-state index in [1.165, 1.54) is 3.97 Å². The molecule has 3 rings (SSSR count). The summed E-state index contributed by atoms with van der Waals surface area (Å²) in [4.78, 5) is 0.